The molecule has 0 aromatic carbocycles. The molecule has 0 N–H and O–H groups in total. The van der Waals surface area contributed by atoms with Crippen LogP contribution in [0.15, 0.2) is 0 Å². The Hall–Kier alpha value is 3.58. The fraction of sp³-hybridized carbons (Fsp3) is 1.00. The normalized spacial score (nSPS) is 23.1. The molecular formula is C36H66O6P3S6Sb. The minimum atomic E-state index is -2.38. The third-order valence-electron chi connectivity index (χ3n) is 11.7. The van der Waals surface area contributed by atoms with Gasteiger partial charge < -0.3 is 63.9 Å². The molecule has 6 saturated carbocycles. The number of hydrogen-bond acceptors (Lipinski definition) is 12. The van der Waals surface area contributed by atoms with E-state index in [4.69, 9.17) is 99.3 Å². The van der Waals surface area contributed by atoms with Gasteiger partial charge >= 0.3 is 24.4 Å². The molecule has 0 heterocycles. The Labute approximate surface area is 366 Å². The Balaban J connectivity index is 0.000000208. The first-order valence-electron chi connectivity index (χ1n) is 20.3. The SMILES string of the molecule is S=P([S-])(OCC1CCCC1)OCC1CCCC1.S=P([S-])(OCC1CCCC1)OCC1CCCC1.S=P([S-])(OCC1CCCC1)OCC1CCCC1.[Sb+3]. The Morgan fingerprint density at radius 1 is 0.308 bits per heavy atom. The Morgan fingerprint density at radius 3 is 0.538 bits per heavy atom. The van der Waals surface area contributed by atoms with Crippen LogP contribution in [0.5, 0.6) is 0 Å². The van der Waals surface area contributed by atoms with E-state index in [1.165, 1.54) is 154 Å². The molecule has 0 aromatic heterocycles. The molecule has 6 fully saturated rings. The smallest absolute Gasteiger partial charge is 0.691 e. The van der Waals surface area contributed by atoms with Crippen molar-refractivity contribution < 1.29 is 27.1 Å². The molecule has 0 atom stereocenters. The van der Waals surface area contributed by atoms with E-state index in [1.807, 2.05) is 0 Å². The van der Waals surface area contributed by atoms with Crippen molar-refractivity contribution in [2.45, 2.75) is 154 Å². The van der Waals surface area contributed by atoms with E-state index in [1.54, 1.807) is 0 Å². The Morgan fingerprint density at radius 2 is 0.423 bits per heavy atom. The average Bonchev–Trinajstić information content (AvgIpc) is 3.97. The summed E-state index contributed by atoms with van der Waals surface area (Å²) in [6, 6.07) is 0. The fourth-order valence-electron chi connectivity index (χ4n) is 8.35. The van der Waals surface area contributed by atoms with Crippen LogP contribution in [0.4, 0.5) is 0 Å². The zero-order valence-electron chi connectivity index (χ0n) is 31.4. The van der Waals surface area contributed by atoms with Gasteiger partial charge in [-0.1, -0.05) is 112 Å². The van der Waals surface area contributed by atoms with Crippen molar-refractivity contribution in [3.63, 3.8) is 0 Å². The van der Waals surface area contributed by atoms with Gasteiger partial charge in [0.2, 0.25) is 0 Å². The van der Waals surface area contributed by atoms with Crippen LogP contribution in [0.3, 0.4) is 0 Å². The summed E-state index contributed by atoms with van der Waals surface area (Å²) in [6.45, 7) is 4.37. The van der Waals surface area contributed by atoms with Crippen molar-refractivity contribution in [1.29, 1.82) is 0 Å². The van der Waals surface area contributed by atoms with Crippen LogP contribution in [0, 0.1) is 35.5 Å². The van der Waals surface area contributed by atoms with Gasteiger partial charge in [-0.2, -0.15) is 0 Å². The molecule has 16 heteroatoms. The molecule has 0 unspecified atom stereocenters. The minimum absolute atomic E-state index is 0. The van der Waals surface area contributed by atoms with Gasteiger partial charge in [-0.05, 0) is 113 Å². The second-order valence-corrected chi connectivity index (χ2v) is 31.0. The molecule has 6 aliphatic rings. The summed E-state index contributed by atoms with van der Waals surface area (Å²) in [5, 5.41) is 0. The minimum Gasteiger partial charge on any atom is -0.691 e. The maximum Gasteiger partial charge on any atom is 3.00 e. The predicted octanol–water partition coefficient (Wildman–Crippen LogP) is 12.1. The first-order chi connectivity index (χ1) is 24.5. The average molecular weight is 1000 g/mol. The monoisotopic (exact) mass is 1000 g/mol. The molecule has 0 aromatic rings. The van der Waals surface area contributed by atoms with Crippen molar-refractivity contribution in [2.75, 3.05) is 39.6 Å². The predicted molar refractivity (Wildman–Crippen MR) is 238 cm³/mol. The summed E-state index contributed by atoms with van der Waals surface area (Å²) in [7, 11) is 0. The van der Waals surface area contributed by atoms with Gasteiger partial charge in [0.15, 0.2) is 0 Å². The summed E-state index contributed by atoms with van der Waals surface area (Å²) in [6.07, 6.45) is 31.2. The molecule has 0 amide bonds. The van der Waals surface area contributed by atoms with Crippen molar-refractivity contribution in [3.8, 4) is 0 Å². The molecular weight excluding hydrogens is 935 g/mol. The van der Waals surface area contributed by atoms with Gasteiger partial charge in [0, 0.05) is 0 Å². The van der Waals surface area contributed by atoms with Crippen molar-refractivity contribution in [1.82, 2.24) is 0 Å². The maximum absolute atomic E-state index is 5.69. The van der Waals surface area contributed by atoms with Crippen LogP contribution in [0.1, 0.15) is 154 Å². The van der Waals surface area contributed by atoms with Gasteiger partial charge in [-0.25, -0.2) is 0 Å². The largest absolute Gasteiger partial charge is 3.00 e. The first-order valence-corrected chi connectivity index (χ1v) is 31.2. The second-order valence-electron chi connectivity index (χ2n) is 16.0. The van der Waals surface area contributed by atoms with E-state index in [0.29, 0.717) is 35.5 Å². The fourth-order valence-corrected chi connectivity index (χ4v) is 13.1. The summed E-state index contributed by atoms with van der Waals surface area (Å²) in [5.41, 5.74) is -7.14. The Kier molecular flexibility index (Phi) is 26.3. The van der Waals surface area contributed by atoms with Crippen molar-refractivity contribution in [3.05, 3.63) is 0 Å². The Bertz CT molecular complexity index is 889. The maximum atomic E-state index is 5.69. The molecule has 0 spiro atoms. The van der Waals surface area contributed by atoms with Crippen LogP contribution < -0.4 is 0 Å². The van der Waals surface area contributed by atoms with Crippen LogP contribution in [-0.4, -0.2) is 64.1 Å². The zero-order valence-corrected chi connectivity index (χ0v) is 41.5. The van der Waals surface area contributed by atoms with E-state index in [2.05, 4.69) is 0 Å². The van der Waals surface area contributed by atoms with Gasteiger partial charge in [-0.15, -0.1) is 0 Å². The van der Waals surface area contributed by atoms with E-state index in [-0.39, 0.29) is 24.4 Å². The number of hydrogen-bond donors (Lipinski definition) is 0. The van der Waals surface area contributed by atoms with E-state index in [9.17, 15) is 0 Å². The number of rotatable bonds is 18. The summed E-state index contributed by atoms with van der Waals surface area (Å²) in [4.78, 5) is 0. The van der Waals surface area contributed by atoms with E-state index < -0.39 is 17.1 Å². The van der Waals surface area contributed by atoms with Gasteiger partial charge in [-0.3, -0.25) is 0 Å². The van der Waals surface area contributed by atoms with Crippen molar-refractivity contribution in [2.24, 2.45) is 35.5 Å². The molecule has 6 aliphatic carbocycles. The molecule has 0 bridgehead atoms. The van der Waals surface area contributed by atoms with Gasteiger partial charge in [0.25, 0.3) is 0 Å². The van der Waals surface area contributed by atoms with Crippen LogP contribution in [-0.2, 0) is 99.3 Å². The van der Waals surface area contributed by atoms with E-state index in [0.717, 1.165) is 39.6 Å². The topological polar surface area (TPSA) is 55.4 Å². The molecule has 302 valence electrons. The van der Waals surface area contributed by atoms with Crippen LogP contribution in [0.2, 0.25) is 0 Å². The summed E-state index contributed by atoms with van der Waals surface area (Å²) in [5.74, 6) is 4.06. The molecule has 0 aliphatic heterocycles. The molecule has 6 nitrogen and oxygen atoms in total. The van der Waals surface area contributed by atoms with Gasteiger partial charge in [0.05, 0.1) is 56.7 Å². The first kappa shape index (κ1) is 49.9. The third kappa shape index (κ3) is 22.3. The van der Waals surface area contributed by atoms with E-state index >= 15 is 0 Å². The molecule has 52 heavy (non-hydrogen) atoms. The van der Waals surface area contributed by atoms with Crippen LogP contribution >= 0.6 is 17.1 Å². The third-order valence-corrected chi connectivity index (χ3v) is 18.2. The summed E-state index contributed by atoms with van der Waals surface area (Å²) >= 11 is 31.8. The quantitative estimate of drug-likeness (QED) is 0.0747. The molecule has 2 radical (unpaired) electrons. The van der Waals surface area contributed by atoms with Crippen molar-refractivity contribution >= 4 is 114 Å². The molecule has 6 rings (SSSR count). The standard InChI is InChI=1S/3C12H23O2PS2.Sb/c3*16-15(17,13-9-11-5-1-2-6-11)14-10-12-7-3-4-8-12;/h3*11-12H,1-10H2,(H,16,17);/q;;;+3/p-3. The van der Waals surface area contributed by atoms with Gasteiger partial charge in [0.1, 0.15) is 0 Å². The zero-order chi connectivity index (χ0) is 36.4. The van der Waals surface area contributed by atoms with Crippen LogP contribution in [0.25, 0.3) is 0 Å². The summed E-state index contributed by atoms with van der Waals surface area (Å²) < 4.78 is 34.2. The second kappa shape index (κ2) is 27.4. The molecule has 0 saturated heterocycles.